The van der Waals surface area contributed by atoms with Crippen molar-refractivity contribution in [1.29, 1.82) is 0 Å². The lowest BCUT2D eigenvalue weighted by atomic mass is 9.82. The molecule has 21 heavy (non-hydrogen) atoms. The summed E-state index contributed by atoms with van der Waals surface area (Å²) in [5.74, 6) is -5.41. The first kappa shape index (κ1) is 16.0. The molecule has 2 aromatic rings. The Hall–Kier alpha value is -1.41. The molecule has 1 unspecified atom stereocenters. The van der Waals surface area contributed by atoms with E-state index in [1.165, 1.54) is 12.1 Å². The molecule has 0 bridgehead atoms. The Labute approximate surface area is 124 Å². The molecule has 0 aliphatic rings. The van der Waals surface area contributed by atoms with Crippen LogP contribution in [0.3, 0.4) is 0 Å². The Balaban J connectivity index is 2.73. The Kier molecular flexibility index (Phi) is 3.88. The van der Waals surface area contributed by atoms with Crippen LogP contribution in [-0.2, 0) is 5.60 Å². The minimum Gasteiger partial charge on any atom is -0.472 e. The number of rotatable bonds is 3. The van der Waals surface area contributed by atoms with Gasteiger partial charge in [0.1, 0.15) is 0 Å². The predicted octanol–water partition coefficient (Wildman–Crippen LogP) is 4.48. The van der Waals surface area contributed by atoms with Gasteiger partial charge in [-0.05, 0) is 23.8 Å². The van der Waals surface area contributed by atoms with E-state index in [1.807, 2.05) is 0 Å². The van der Waals surface area contributed by atoms with Crippen LogP contribution in [0.2, 0.25) is 0 Å². The molecule has 0 aliphatic carbocycles. The highest BCUT2D eigenvalue weighted by Gasteiger charge is 2.71. The Morgan fingerprint density at radius 1 is 1.00 bits per heavy atom. The number of hydrogen-bond donors (Lipinski definition) is 1. The SMILES string of the molecule is OC(c1ccoc1)(c1cccc(Br)c1)C(F)(F)C(F)(F)F. The first-order valence-corrected chi connectivity index (χ1v) is 6.35. The number of aliphatic hydroxyl groups is 1. The average molecular weight is 371 g/mol. The van der Waals surface area contributed by atoms with Crippen molar-refractivity contribution in [2.75, 3.05) is 0 Å². The minimum absolute atomic E-state index is 0.250. The van der Waals surface area contributed by atoms with E-state index in [9.17, 15) is 27.1 Å². The van der Waals surface area contributed by atoms with Crippen LogP contribution < -0.4 is 0 Å². The van der Waals surface area contributed by atoms with Gasteiger partial charge in [-0.2, -0.15) is 22.0 Å². The zero-order valence-corrected chi connectivity index (χ0v) is 11.8. The molecule has 0 saturated heterocycles. The number of furan rings is 1. The Morgan fingerprint density at radius 3 is 2.14 bits per heavy atom. The van der Waals surface area contributed by atoms with Crippen LogP contribution in [0.15, 0.2) is 51.7 Å². The van der Waals surface area contributed by atoms with Crippen LogP contribution in [0.1, 0.15) is 11.1 Å². The standard InChI is InChI=1S/C13H8BrF5O2/c14-10-3-1-2-8(6-10)11(20,9-4-5-21-7-9)12(15,16)13(17,18)19/h1-7,20H. The first-order chi connectivity index (χ1) is 9.60. The summed E-state index contributed by atoms with van der Waals surface area (Å²) in [7, 11) is 0. The van der Waals surface area contributed by atoms with Crippen LogP contribution >= 0.6 is 15.9 Å². The van der Waals surface area contributed by atoms with Gasteiger partial charge in [-0.3, -0.25) is 0 Å². The molecule has 1 aromatic carbocycles. The fraction of sp³-hybridized carbons (Fsp3) is 0.231. The van der Waals surface area contributed by atoms with E-state index < -0.39 is 28.8 Å². The van der Waals surface area contributed by atoms with Crippen molar-refractivity contribution in [1.82, 2.24) is 0 Å². The van der Waals surface area contributed by atoms with Gasteiger partial charge in [-0.1, -0.05) is 28.1 Å². The highest BCUT2D eigenvalue weighted by molar-refractivity contribution is 9.10. The van der Waals surface area contributed by atoms with Gasteiger partial charge in [0.2, 0.25) is 0 Å². The van der Waals surface area contributed by atoms with Crippen LogP contribution in [-0.4, -0.2) is 17.2 Å². The molecule has 1 heterocycles. The highest BCUT2D eigenvalue weighted by Crippen LogP contribution is 2.52. The molecule has 0 amide bonds. The third-order valence-corrected chi connectivity index (χ3v) is 3.49. The number of benzene rings is 1. The second-order valence-electron chi connectivity index (χ2n) is 4.30. The van der Waals surface area contributed by atoms with Crippen LogP contribution in [0.4, 0.5) is 22.0 Å². The third kappa shape index (κ3) is 2.46. The fourth-order valence-corrected chi connectivity index (χ4v) is 2.32. The first-order valence-electron chi connectivity index (χ1n) is 5.56. The largest absolute Gasteiger partial charge is 0.472 e. The van der Waals surface area contributed by atoms with Gasteiger partial charge in [-0.25, -0.2) is 0 Å². The summed E-state index contributed by atoms with van der Waals surface area (Å²) in [5, 5.41) is 10.3. The van der Waals surface area contributed by atoms with E-state index >= 15 is 0 Å². The van der Waals surface area contributed by atoms with Crippen LogP contribution in [0.5, 0.6) is 0 Å². The summed E-state index contributed by atoms with van der Waals surface area (Å²) < 4.78 is 70.9. The van der Waals surface area contributed by atoms with Gasteiger partial charge in [0.25, 0.3) is 0 Å². The number of hydrogen-bond acceptors (Lipinski definition) is 2. The molecule has 1 aromatic heterocycles. The summed E-state index contributed by atoms with van der Waals surface area (Å²) in [6, 6.07) is 5.52. The van der Waals surface area contributed by atoms with Crippen molar-refractivity contribution in [3.05, 3.63) is 58.5 Å². The van der Waals surface area contributed by atoms with E-state index in [0.717, 1.165) is 24.5 Å². The molecule has 0 fully saturated rings. The van der Waals surface area contributed by atoms with E-state index in [-0.39, 0.29) is 4.47 Å². The van der Waals surface area contributed by atoms with Crippen molar-refractivity contribution in [3.63, 3.8) is 0 Å². The molecule has 8 heteroatoms. The molecule has 2 nitrogen and oxygen atoms in total. The molecule has 0 radical (unpaired) electrons. The average Bonchev–Trinajstić information content (AvgIpc) is 2.90. The maximum absolute atomic E-state index is 13.9. The van der Waals surface area contributed by atoms with Crippen LogP contribution in [0, 0.1) is 0 Å². The van der Waals surface area contributed by atoms with Gasteiger partial charge in [0.05, 0.1) is 12.5 Å². The third-order valence-electron chi connectivity index (χ3n) is 2.99. The molecule has 0 saturated carbocycles. The van der Waals surface area contributed by atoms with Gasteiger partial charge in [-0.15, -0.1) is 0 Å². The lowest BCUT2D eigenvalue weighted by Gasteiger charge is -2.36. The van der Waals surface area contributed by atoms with Gasteiger partial charge in [0.15, 0.2) is 5.60 Å². The fourth-order valence-electron chi connectivity index (χ4n) is 1.92. The molecule has 114 valence electrons. The zero-order valence-electron chi connectivity index (χ0n) is 10.2. The van der Waals surface area contributed by atoms with E-state index in [1.54, 1.807) is 0 Å². The summed E-state index contributed by atoms with van der Waals surface area (Å²) in [6.45, 7) is 0. The molecule has 1 atom stereocenters. The van der Waals surface area contributed by atoms with Crippen molar-refractivity contribution in [2.24, 2.45) is 0 Å². The second-order valence-corrected chi connectivity index (χ2v) is 5.22. The van der Waals surface area contributed by atoms with E-state index in [4.69, 9.17) is 0 Å². The predicted molar refractivity (Wildman–Crippen MR) is 66.9 cm³/mol. The molecule has 2 rings (SSSR count). The highest BCUT2D eigenvalue weighted by atomic mass is 79.9. The molecule has 1 N–H and O–H groups in total. The summed E-state index contributed by atoms with van der Waals surface area (Å²) in [6.07, 6.45) is -4.38. The summed E-state index contributed by atoms with van der Waals surface area (Å²) in [4.78, 5) is 0. The van der Waals surface area contributed by atoms with Gasteiger partial charge in [0, 0.05) is 10.0 Å². The van der Waals surface area contributed by atoms with Crippen LogP contribution in [0.25, 0.3) is 0 Å². The van der Waals surface area contributed by atoms with Crippen molar-refractivity contribution < 1.29 is 31.5 Å². The number of halogens is 6. The van der Waals surface area contributed by atoms with Crippen molar-refractivity contribution in [2.45, 2.75) is 17.7 Å². The molecule has 0 spiro atoms. The van der Waals surface area contributed by atoms with Crippen molar-refractivity contribution in [3.8, 4) is 0 Å². The topological polar surface area (TPSA) is 33.4 Å². The monoisotopic (exact) mass is 370 g/mol. The van der Waals surface area contributed by atoms with E-state index in [0.29, 0.717) is 6.26 Å². The minimum atomic E-state index is -5.94. The smallest absolute Gasteiger partial charge is 0.457 e. The maximum atomic E-state index is 13.9. The van der Waals surface area contributed by atoms with Gasteiger partial charge < -0.3 is 9.52 Å². The summed E-state index contributed by atoms with van der Waals surface area (Å²) in [5.41, 5.74) is -4.90. The maximum Gasteiger partial charge on any atom is 0.457 e. The summed E-state index contributed by atoms with van der Waals surface area (Å²) >= 11 is 2.97. The molecular weight excluding hydrogens is 363 g/mol. The Bertz CT molecular complexity index is 624. The lowest BCUT2D eigenvalue weighted by molar-refractivity contribution is -0.336. The quantitative estimate of drug-likeness (QED) is 0.808. The lowest BCUT2D eigenvalue weighted by Crippen LogP contribution is -2.55. The van der Waals surface area contributed by atoms with Gasteiger partial charge >= 0.3 is 12.1 Å². The van der Waals surface area contributed by atoms with Crippen molar-refractivity contribution >= 4 is 15.9 Å². The second kappa shape index (κ2) is 5.10. The molecule has 0 aliphatic heterocycles. The normalized spacial score (nSPS) is 15.8. The zero-order chi connectivity index (χ0) is 15.9. The van der Waals surface area contributed by atoms with E-state index in [2.05, 4.69) is 20.3 Å². The molecular formula is C13H8BrF5O2. The number of alkyl halides is 5. The Morgan fingerprint density at radius 2 is 1.67 bits per heavy atom.